The monoisotopic (exact) mass is 331 g/mol. The van der Waals surface area contributed by atoms with Crippen LogP contribution in [0.3, 0.4) is 0 Å². The number of amides is 1. The molecule has 0 aromatic carbocycles. The Morgan fingerprint density at radius 1 is 1.46 bits per heavy atom. The molecule has 0 radical (unpaired) electrons. The van der Waals surface area contributed by atoms with E-state index in [0.717, 1.165) is 36.7 Å². The van der Waals surface area contributed by atoms with Crippen LogP contribution in [0.5, 0.6) is 0 Å². The lowest BCUT2D eigenvalue weighted by molar-refractivity contribution is 0.0579. The zero-order valence-electron chi connectivity index (χ0n) is 14.7. The van der Waals surface area contributed by atoms with E-state index in [0.29, 0.717) is 18.2 Å². The van der Waals surface area contributed by atoms with E-state index in [9.17, 15) is 4.79 Å². The van der Waals surface area contributed by atoms with Crippen LogP contribution in [0.15, 0.2) is 12.4 Å². The highest BCUT2D eigenvalue weighted by Crippen LogP contribution is 2.26. The van der Waals surface area contributed by atoms with Crippen molar-refractivity contribution in [1.82, 2.24) is 24.6 Å². The molecule has 1 aliphatic heterocycles. The Morgan fingerprint density at radius 2 is 2.25 bits per heavy atom. The van der Waals surface area contributed by atoms with Gasteiger partial charge in [0.15, 0.2) is 0 Å². The Bertz CT molecular complexity index is 727. The number of carbonyl (C=O) groups is 1. The zero-order chi connectivity index (χ0) is 17.3. The molecule has 2 atom stereocenters. The van der Waals surface area contributed by atoms with E-state index in [-0.39, 0.29) is 11.9 Å². The average molecular weight is 331 g/mol. The molecule has 1 saturated heterocycles. The first-order valence-electron chi connectivity index (χ1n) is 8.40. The van der Waals surface area contributed by atoms with Gasteiger partial charge >= 0.3 is 0 Å². The molecule has 7 heteroatoms. The molecule has 0 bridgehead atoms. The molecule has 3 rings (SSSR count). The maximum absolute atomic E-state index is 12.7. The van der Waals surface area contributed by atoms with E-state index < -0.39 is 0 Å². The van der Waals surface area contributed by atoms with E-state index in [1.807, 2.05) is 33.9 Å². The molecule has 3 heterocycles. The first-order chi connectivity index (χ1) is 11.5. The first kappa shape index (κ1) is 16.7. The van der Waals surface area contributed by atoms with Crippen molar-refractivity contribution in [3.8, 4) is 0 Å². The van der Waals surface area contributed by atoms with Gasteiger partial charge in [-0.1, -0.05) is 0 Å². The van der Waals surface area contributed by atoms with E-state index in [1.54, 1.807) is 4.68 Å². The summed E-state index contributed by atoms with van der Waals surface area (Å²) in [5, 5.41) is 7.07. The van der Waals surface area contributed by atoms with Crippen molar-refractivity contribution in [1.29, 1.82) is 0 Å². The fourth-order valence-electron chi connectivity index (χ4n) is 3.53. The Labute approximate surface area is 142 Å². The van der Waals surface area contributed by atoms with Gasteiger partial charge in [0.1, 0.15) is 12.2 Å². The average Bonchev–Trinajstić information content (AvgIpc) is 3.11. The lowest BCUT2D eigenvalue weighted by atomic mass is 10.1. The van der Waals surface area contributed by atoms with Gasteiger partial charge in [0.2, 0.25) is 0 Å². The molecule has 1 aliphatic rings. The molecule has 1 amide bonds. The Morgan fingerprint density at radius 3 is 2.88 bits per heavy atom. The van der Waals surface area contributed by atoms with Crippen molar-refractivity contribution < 1.29 is 9.53 Å². The molecule has 2 aromatic rings. The Hall–Kier alpha value is -2.15. The number of hydrogen-bond donors (Lipinski definition) is 1. The van der Waals surface area contributed by atoms with Crippen molar-refractivity contribution in [2.24, 2.45) is 7.05 Å². The predicted molar refractivity (Wildman–Crippen MR) is 89.9 cm³/mol. The number of aryl methyl sites for hydroxylation is 2. The zero-order valence-corrected chi connectivity index (χ0v) is 14.7. The van der Waals surface area contributed by atoms with Gasteiger partial charge in [0, 0.05) is 25.0 Å². The number of nitrogens with zero attached hydrogens (tertiary/aromatic N) is 4. The van der Waals surface area contributed by atoms with Crippen molar-refractivity contribution in [3.63, 3.8) is 0 Å². The second-order valence-electron chi connectivity index (χ2n) is 6.46. The summed E-state index contributed by atoms with van der Waals surface area (Å²) in [4.78, 5) is 16.9. The SMILES string of the molecule is Cc1cc(C(=O)NC(C)c2ncnn2C)c(C)n1C1CCCOC1. The number of aromatic nitrogens is 4. The standard InChI is InChI=1S/C17H25N5O2/c1-11-8-15(13(3)22(11)14-6-5-7-24-9-14)17(23)20-12(2)16-18-10-19-21(16)4/h8,10,12,14H,5-7,9H2,1-4H3,(H,20,23). The van der Waals surface area contributed by atoms with Crippen LogP contribution in [0.4, 0.5) is 0 Å². The summed E-state index contributed by atoms with van der Waals surface area (Å²) >= 11 is 0. The molecular formula is C17H25N5O2. The molecule has 0 saturated carbocycles. The summed E-state index contributed by atoms with van der Waals surface area (Å²) in [5.41, 5.74) is 2.80. The predicted octanol–water partition coefficient (Wildman–Crippen LogP) is 2.08. The van der Waals surface area contributed by atoms with Crippen LogP contribution in [0.25, 0.3) is 0 Å². The summed E-state index contributed by atoms with van der Waals surface area (Å²) in [6.45, 7) is 7.51. The number of ether oxygens (including phenoxy) is 1. The van der Waals surface area contributed by atoms with Gasteiger partial charge in [-0.2, -0.15) is 5.10 Å². The number of nitrogens with one attached hydrogen (secondary N) is 1. The molecule has 2 unspecified atom stereocenters. The molecule has 1 N–H and O–H groups in total. The summed E-state index contributed by atoms with van der Waals surface area (Å²) in [6, 6.07) is 2.07. The highest BCUT2D eigenvalue weighted by Gasteiger charge is 2.24. The maximum atomic E-state index is 12.7. The molecular weight excluding hydrogens is 306 g/mol. The molecule has 7 nitrogen and oxygen atoms in total. The minimum Gasteiger partial charge on any atom is -0.379 e. The fraction of sp³-hybridized carbons (Fsp3) is 0.588. The van der Waals surface area contributed by atoms with Gasteiger partial charge in [-0.3, -0.25) is 9.48 Å². The van der Waals surface area contributed by atoms with Gasteiger partial charge in [0.05, 0.1) is 24.3 Å². The van der Waals surface area contributed by atoms with Crippen LogP contribution in [-0.2, 0) is 11.8 Å². The van der Waals surface area contributed by atoms with E-state index in [2.05, 4.69) is 20.0 Å². The molecule has 0 aliphatic carbocycles. The lowest BCUT2D eigenvalue weighted by Gasteiger charge is -2.26. The summed E-state index contributed by atoms with van der Waals surface area (Å²) in [5.74, 6) is 0.652. The Balaban J connectivity index is 1.79. The quantitative estimate of drug-likeness (QED) is 0.931. The molecule has 0 spiro atoms. The first-order valence-corrected chi connectivity index (χ1v) is 8.40. The van der Waals surface area contributed by atoms with E-state index in [4.69, 9.17) is 4.74 Å². The number of carbonyl (C=O) groups excluding carboxylic acids is 1. The highest BCUT2D eigenvalue weighted by molar-refractivity contribution is 5.95. The van der Waals surface area contributed by atoms with Gasteiger partial charge < -0.3 is 14.6 Å². The molecule has 24 heavy (non-hydrogen) atoms. The minimum atomic E-state index is -0.203. The number of hydrogen-bond acceptors (Lipinski definition) is 4. The summed E-state index contributed by atoms with van der Waals surface area (Å²) in [6.07, 6.45) is 3.64. The second kappa shape index (κ2) is 6.76. The molecule has 130 valence electrons. The van der Waals surface area contributed by atoms with Crippen LogP contribution < -0.4 is 5.32 Å². The smallest absolute Gasteiger partial charge is 0.253 e. The van der Waals surface area contributed by atoms with Gasteiger partial charge in [0.25, 0.3) is 5.91 Å². The minimum absolute atomic E-state index is 0.0819. The summed E-state index contributed by atoms with van der Waals surface area (Å²) in [7, 11) is 1.82. The fourth-order valence-corrected chi connectivity index (χ4v) is 3.53. The van der Waals surface area contributed by atoms with Crippen LogP contribution in [-0.4, -0.2) is 38.5 Å². The number of rotatable bonds is 4. The van der Waals surface area contributed by atoms with Crippen molar-refractivity contribution in [3.05, 3.63) is 35.2 Å². The van der Waals surface area contributed by atoms with Crippen molar-refractivity contribution in [2.45, 2.75) is 45.7 Å². The van der Waals surface area contributed by atoms with Crippen molar-refractivity contribution >= 4 is 5.91 Å². The topological polar surface area (TPSA) is 74.0 Å². The lowest BCUT2D eigenvalue weighted by Crippen LogP contribution is -2.29. The third kappa shape index (κ3) is 3.08. The van der Waals surface area contributed by atoms with Crippen LogP contribution >= 0.6 is 0 Å². The van der Waals surface area contributed by atoms with Gasteiger partial charge in [-0.25, -0.2) is 4.98 Å². The van der Waals surface area contributed by atoms with E-state index >= 15 is 0 Å². The molecule has 2 aromatic heterocycles. The van der Waals surface area contributed by atoms with Crippen LogP contribution in [0, 0.1) is 13.8 Å². The third-order valence-corrected chi connectivity index (χ3v) is 4.71. The Kier molecular flexibility index (Phi) is 4.71. The van der Waals surface area contributed by atoms with Gasteiger partial charge in [-0.05, 0) is 39.7 Å². The highest BCUT2D eigenvalue weighted by atomic mass is 16.5. The normalized spacial score (nSPS) is 19.2. The largest absolute Gasteiger partial charge is 0.379 e. The van der Waals surface area contributed by atoms with Crippen LogP contribution in [0.2, 0.25) is 0 Å². The second-order valence-corrected chi connectivity index (χ2v) is 6.46. The molecule has 1 fully saturated rings. The van der Waals surface area contributed by atoms with Gasteiger partial charge in [-0.15, -0.1) is 0 Å². The van der Waals surface area contributed by atoms with Crippen molar-refractivity contribution in [2.75, 3.05) is 13.2 Å². The third-order valence-electron chi connectivity index (χ3n) is 4.71. The van der Waals surface area contributed by atoms with E-state index in [1.165, 1.54) is 6.33 Å². The maximum Gasteiger partial charge on any atom is 0.253 e. The van der Waals surface area contributed by atoms with Crippen LogP contribution in [0.1, 0.15) is 59.4 Å². The summed E-state index contributed by atoms with van der Waals surface area (Å²) < 4.78 is 9.51.